The number of hydrogen-bond acceptors (Lipinski definition) is 6. The van der Waals surface area contributed by atoms with Crippen LogP contribution in [0.2, 0.25) is 0 Å². The summed E-state index contributed by atoms with van der Waals surface area (Å²) in [7, 11) is 0. The van der Waals surface area contributed by atoms with Crippen LogP contribution in [0.15, 0.2) is 60.7 Å². The molecule has 0 aliphatic heterocycles. The summed E-state index contributed by atoms with van der Waals surface area (Å²) in [6, 6.07) is 8.07. The van der Waals surface area contributed by atoms with E-state index in [4.69, 9.17) is 10.2 Å². The van der Waals surface area contributed by atoms with Gasteiger partial charge in [0.25, 0.3) is 0 Å². The van der Waals surface area contributed by atoms with E-state index >= 15 is 0 Å². The van der Waals surface area contributed by atoms with Crippen molar-refractivity contribution < 1.29 is 39.0 Å². The zero-order chi connectivity index (χ0) is 24.6. The number of allylic oxidation sites excluding steroid dienone is 4. The predicted molar refractivity (Wildman–Crippen MR) is 119 cm³/mol. The highest BCUT2D eigenvalue weighted by Crippen LogP contribution is 2.37. The molecule has 3 aliphatic rings. The molecular weight excluding hydrogens is 440 g/mol. The molecule has 8 heteroatoms. The first-order valence-electron chi connectivity index (χ1n) is 10.4. The van der Waals surface area contributed by atoms with Crippen molar-refractivity contribution in [2.24, 2.45) is 11.8 Å². The summed E-state index contributed by atoms with van der Waals surface area (Å²) >= 11 is 0. The molecule has 8 nitrogen and oxygen atoms in total. The molecule has 2 unspecified atom stereocenters. The zero-order valence-electron chi connectivity index (χ0n) is 17.7. The number of carboxylic acid groups (broad SMARTS) is 2. The van der Waals surface area contributed by atoms with Crippen LogP contribution in [0, 0.1) is 11.8 Å². The van der Waals surface area contributed by atoms with Crippen LogP contribution in [-0.2, 0) is 0 Å². The van der Waals surface area contributed by atoms with Gasteiger partial charge >= 0.3 is 11.9 Å². The molecule has 0 saturated heterocycles. The lowest BCUT2D eigenvalue weighted by molar-refractivity contribution is 0.0684. The third kappa shape index (κ3) is 4.01. The molecule has 2 atom stereocenters. The van der Waals surface area contributed by atoms with Gasteiger partial charge in [-0.05, 0) is 61.4 Å². The van der Waals surface area contributed by atoms with Crippen LogP contribution in [0.25, 0.3) is 0 Å². The van der Waals surface area contributed by atoms with Gasteiger partial charge in [0.2, 0.25) is 0 Å². The smallest absolute Gasteiger partial charge is 0.335 e. The number of carbonyl (C=O) groups excluding carboxylic acids is 4. The lowest BCUT2D eigenvalue weighted by Gasteiger charge is -2.31. The van der Waals surface area contributed by atoms with E-state index < -0.39 is 11.9 Å². The molecular formula is C26H18O8. The summed E-state index contributed by atoms with van der Waals surface area (Å²) in [4.78, 5) is 69.0. The molecule has 0 fully saturated rings. The molecule has 5 rings (SSSR count). The Hall–Kier alpha value is -4.46. The van der Waals surface area contributed by atoms with Crippen LogP contribution in [-0.4, -0.2) is 45.3 Å². The van der Waals surface area contributed by atoms with Crippen LogP contribution in [0.3, 0.4) is 0 Å². The van der Waals surface area contributed by atoms with Gasteiger partial charge in [-0.1, -0.05) is 12.2 Å². The summed E-state index contributed by atoms with van der Waals surface area (Å²) in [5.41, 5.74) is 1.10. The SMILES string of the molecule is O=C(O)c1ccc2c(c1)C(=O)C1CC=CCC1C2=O.O=C(O)c1ccc2c(c1)C(=O)C=CC2=O. The summed E-state index contributed by atoms with van der Waals surface area (Å²) in [5.74, 6) is -3.57. The van der Waals surface area contributed by atoms with Gasteiger partial charge in [0.15, 0.2) is 23.1 Å². The van der Waals surface area contributed by atoms with Gasteiger partial charge < -0.3 is 10.2 Å². The second kappa shape index (κ2) is 8.82. The molecule has 2 aromatic carbocycles. The predicted octanol–water partition coefficient (Wildman–Crippen LogP) is 3.67. The Morgan fingerprint density at radius 2 is 1.06 bits per heavy atom. The topological polar surface area (TPSA) is 143 Å². The molecule has 34 heavy (non-hydrogen) atoms. The lowest BCUT2D eigenvalue weighted by Crippen LogP contribution is -2.37. The summed E-state index contributed by atoms with van der Waals surface area (Å²) in [6.07, 6.45) is 7.34. The number of carboxylic acids is 2. The lowest BCUT2D eigenvalue weighted by atomic mass is 9.69. The van der Waals surface area contributed by atoms with E-state index in [2.05, 4.69) is 0 Å². The van der Waals surface area contributed by atoms with Crippen LogP contribution >= 0.6 is 0 Å². The fourth-order valence-electron chi connectivity index (χ4n) is 4.32. The number of rotatable bonds is 2. The van der Waals surface area contributed by atoms with Crippen LogP contribution < -0.4 is 0 Å². The molecule has 2 aromatic rings. The van der Waals surface area contributed by atoms with Gasteiger partial charge in [-0.25, -0.2) is 9.59 Å². The van der Waals surface area contributed by atoms with E-state index in [9.17, 15) is 28.8 Å². The average Bonchev–Trinajstić information content (AvgIpc) is 2.84. The second-order valence-electron chi connectivity index (χ2n) is 8.08. The first-order valence-corrected chi connectivity index (χ1v) is 10.4. The Morgan fingerprint density at radius 3 is 1.59 bits per heavy atom. The number of ketones is 4. The fraction of sp³-hybridized carbons (Fsp3) is 0.154. The molecule has 0 bridgehead atoms. The zero-order valence-corrected chi connectivity index (χ0v) is 17.7. The maximum absolute atomic E-state index is 12.4. The van der Waals surface area contributed by atoms with Gasteiger partial charge in [0, 0.05) is 34.1 Å². The van der Waals surface area contributed by atoms with Crippen LogP contribution in [0.1, 0.15) is 75.0 Å². The van der Waals surface area contributed by atoms with Gasteiger partial charge in [-0.15, -0.1) is 0 Å². The quantitative estimate of drug-likeness (QED) is 0.649. The minimum atomic E-state index is -1.12. The standard InChI is InChI=1S/C15H12O4.C11H6O4/c16-13-9-3-1-2-4-10(9)14(17)12-7-8(15(18)19)5-6-11(12)13;12-9-3-4-10(13)8-5-6(11(14)15)1-2-7(8)9/h1-2,5-7,9-10H,3-4H2,(H,18,19);1-5H,(H,14,15). The molecule has 0 spiro atoms. The Kier molecular flexibility index (Phi) is 5.89. The molecule has 0 amide bonds. The fourth-order valence-corrected chi connectivity index (χ4v) is 4.32. The van der Waals surface area contributed by atoms with Crippen LogP contribution in [0.4, 0.5) is 0 Å². The van der Waals surface area contributed by atoms with Crippen molar-refractivity contribution in [1.82, 2.24) is 0 Å². The number of Topliss-reactive ketones (excluding diaryl/α,β-unsaturated/α-hetero) is 2. The molecule has 2 N–H and O–H groups in total. The van der Waals surface area contributed by atoms with Crippen molar-refractivity contribution in [2.45, 2.75) is 12.8 Å². The monoisotopic (exact) mass is 458 g/mol. The number of carbonyl (C=O) groups is 6. The van der Waals surface area contributed by atoms with Crippen molar-refractivity contribution in [2.75, 3.05) is 0 Å². The van der Waals surface area contributed by atoms with Crippen molar-refractivity contribution in [3.05, 3.63) is 94.1 Å². The number of fused-ring (bicyclic) bond motifs is 3. The highest BCUT2D eigenvalue weighted by molar-refractivity contribution is 6.22. The van der Waals surface area contributed by atoms with Crippen molar-refractivity contribution in [3.8, 4) is 0 Å². The van der Waals surface area contributed by atoms with Gasteiger partial charge in [-0.3, -0.25) is 19.2 Å². The number of aromatic carboxylic acids is 2. The second-order valence-corrected chi connectivity index (χ2v) is 8.08. The minimum absolute atomic E-state index is 0.00481. The minimum Gasteiger partial charge on any atom is -0.478 e. The maximum atomic E-state index is 12.4. The molecule has 0 aromatic heterocycles. The highest BCUT2D eigenvalue weighted by atomic mass is 16.4. The van der Waals surface area contributed by atoms with Gasteiger partial charge in [0.1, 0.15) is 0 Å². The molecule has 170 valence electrons. The summed E-state index contributed by atoms with van der Waals surface area (Å²) < 4.78 is 0. The highest BCUT2D eigenvalue weighted by Gasteiger charge is 2.41. The largest absolute Gasteiger partial charge is 0.478 e. The first kappa shape index (κ1) is 22.7. The van der Waals surface area contributed by atoms with Crippen molar-refractivity contribution >= 4 is 35.1 Å². The molecule has 0 radical (unpaired) electrons. The Balaban J connectivity index is 0.000000166. The normalized spacial score (nSPS) is 20.0. The van der Waals surface area contributed by atoms with Gasteiger partial charge in [-0.2, -0.15) is 0 Å². The van der Waals surface area contributed by atoms with Crippen molar-refractivity contribution in [1.29, 1.82) is 0 Å². The summed E-state index contributed by atoms with van der Waals surface area (Å²) in [6.45, 7) is 0. The summed E-state index contributed by atoms with van der Waals surface area (Å²) in [5, 5.41) is 17.7. The first-order chi connectivity index (χ1) is 16.2. The van der Waals surface area contributed by atoms with E-state index in [1.165, 1.54) is 42.5 Å². The Labute approximate surface area is 193 Å². The van der Waals surface area contributed by atoms with Crippen LogP contribution in [0.5, 0.6) is 0 Å². The molecule has 0 saturated carbocycles. The van der Waals surface area contributed by atoms with E-state index in [0.717, 1.165) is 6.08 Å². The van der Waals surface area contributed by atoms with E-state index in [-0.39, 0.29) is 62.8 Å². The Bertz CT molecular complexity index is 1340. The number of hydrogen-bond donors (Lipinski definition) is 2. The third-order valence-corrected chi connectivity index (χ3v) is 6.09. The third-order valence-electron chi connectivity index (χ3n) is 6.09. The molecule has 0 heterocycles. The Morgan fingerprint density at radius 1 is 0.618 bits per heavy atom. The van der Waals surface area contributed by atoms with Gasteiger partial charge in [0.05, 0.1) is 11.1 Å². The maximum Gasteiger partial charge on any atom is 0.335 e. The van der Waals surface area contributed by atoms with E-state index in [1.54, 1.807) is 0 Å². The van der Waals surface area contributed by atoms with E-state index in [1.807, 2.05) is 12.2 Å². The van der Waals surface area contributed by atoms with Crippen molar-refractivity contribution in [3.63, 3.8) is 0 Å². The average molecular weight is 458 g/mol. The van der Waals surface area contributed by atoms with E-state index in [0.29, 0.717) is 18.4 Å². The molecule has 3 aliphatic carbocycles. The number of benzene rings is 2.